The van der Waals surface area contributed by atoms with Crippen LogP contribution in [0.25, 0.3) is 22.2 Å². The Labute approximate surface area is 226 Å². The van der Waals surface area contributed by atoms with Gasteiger partial charge in [0, 0.05) is 36.0 Å². The summed E-state index contributed by atoms with van der Waals surface area (Å²) in [6.07, 6.45) is 2.95. The normalized spacial score (nSPS) is 17.3. The number of rotatable bonds is 7. The lowest BCUT2D eigenvalue weighted by molar-refractivity contribution is -0.0136. The van der Waals surface area contributed by atoms with Crippen LogP contribution >= 0.6 is 0 Å². The number of anilines is 2. The summed E-state index contributed by atoms with van der Waals surface area (Å²) in [5.74, 6) is -0.0960. The van der Waals surface area contributed by atoms with Gasteiger partial charge in [0.2, 0.25) is 5.95 Å². The van der Waals surface area contributed by atoms with E-state index in [1.54, 1.807) is 6.07 Å². The van der Waals surface area contributed by atoms with Gasteiger partial charge in [-0.05, 0) is 60.2 Å². The van der Waals surface area contributed by atoms with E-state index in [0.29, 0.717) is 30.7 Å². The van der Waals surface area contributed by atoms with Gasteiger partial charge >= 0.3 is 0 Å². The Morgan fingerprint density at radius 1 is 1.18 bits per heavy atom. The molecule has 1 saturated heterocycles. The predicted octanol–water partition coefficient (Wildman–Crippen LogP) is 5.31. The molecule has 39 heavy (non-hydrogen) atoms. The largest absolute Gasteiger partial charge is 0.389 e. The van der Waals surface area contributed by atoms with Crippen LogP contribution in [0, 0.1) is 24.1 Å². The molecule has 0 unspecified atom stereocenters. The maximum absolute atomic E-state index is 15.0. The minimum absolute atomic E-state index is 0.177. The smallest absolute Gasteiger partial charge is 0.223 e. The fourth-order valence-electron chi connectivity index (χ4n) is 4.99. The maximum Gasteiger partial charge on any atom is 0.223 e. The maximum atomic E-state index is 15.0. The van der Waals surface area contributed by atoms with Crippen LogP contribution in [0.2, 0.25) is 0 Å². The molecule has 1 aliphatic heterocycles. The molecule has 0 amide bonds. The van der Waals surface area contributed by atoms with Gasteiger partial charge in [-0.1, -0.05) is 26.0 Å². The average molecular weight is 527 g/mol. The highest BCUT2D eigenvalue weighted by molar-refractivity contribution is 5.88. The Bertz CT molecular complexity index is 1550. The van der Waals surface area contributed by atoms with Crippen LogP contribution in [-0.4, -0.2) is 45.4 Å². The van der Waals surface area contributed by atoms with Gasteiger partial charge in [-0.25, -0.2) is 14.4 Å². The van der Waals surface area contributed by atoms with Crippen LogP contribution in [0.15, 0.2) is 48.8 Å². The highest BCUT2D eigenvalue weighted by atomic mass is 19.1. The minimum Gasteiger partial charge on any atom is -0.389 e. The number of halogens is 1. The Morgan fingerprint density at radius 3 is 2.79 bits per heavy atom. The Balaban J connectivity index is 1.49. The molecule has 0 radical (unpaired) electrons. The standard InChI is InChI=1S/C30H31FN6O2/c1-17(2)28-21(14-34-26-10-19(12-32)5-4-18(26)3)13-33-24-7-6-20(11-22(24)28)29-23(31)15-35-30(37-29)36-25-8-9-39-16-27(25)38/h4-7,10-11,13,15,17,25,27,34,38H,8-9,14,16H2,1-3H3,(H,35,36,37)/t25-,27-/m1/s1. The molecule has 2 aromatic heterocycles. The van der Waals surface area contributed by atoms with E-state index in [1.165, 1.54) is 0 Å². The molecular formula is C30H31FN6O2. The number of benzene rings is 2. The summed E-state index contributed by atoms with van der Waals surface area (Å²) in [5.41, 5.74) is 6.29. The molecule has 1 fully saturated rings. The fourth-order valence-corrected chi connectivity index (χ4v) is 4.99. The fraction of sp³-hybridized carbons (Fsp3) is 0.333. The number of aryl methyl sites for hydroxylation is 1. The molecule has 2 atom stereocenters. The topological polar surface area (TPSA) is 116 Å². The summed E-state index contributed by atoms with van der Waals surface area (Å²) in [5, 5.41) is 27.0. The van der Waals surface area contributed by atoms with Crippen LogP contribution < -0.4 is 10.6 Å². The molecule has 200 valence electrons. The van der Waals surface area contributed by atoms with Gasteiger partial charge in [0.1, 0.15) is 5.69 Å². The molecular weight excluding hydrogens is 495 g/mol. The summed E-state index contributed by atoms with van der Waals surface area (Å²) in [6, 6.07) is 13.1. The van der Waals surface area contributed by atoms with Crippen molar-refractivity contribution in [2.24, 2.45) is 0 Å². The second kappa shape index (κ2) is 11.3. The van der Waals surface area contributed by atoms with E-state index in [1.807, 2.05) is 43.5 Å². The summed E-state index contributed by atoms with van der Waals surface area (Å²) < 4.78 is 20.3. The summed E-state index contributed by atoms with van der Waals surface area (Å²) in [7, 11) is 0. The number of aliphatic hydroxyl groups excluding tert-OH is 1. The predicted molar refractivity (Wildman–Crippen MR) is 149 cm³/mol. The molecule has 4 aromatic rings. The number of pyridine rings is 1. The quantitative estimate of drug-likeness (QED) is 0.297. The number of nitrogens with one attached hydrogen (secondary N) is 2. The SMILES string of the molecule is Cc1ccc(C#N)cc1NCc1cnc2ccc(-c3nc(N[C@@H]4CCOC[C@H]4O)ncc3F)cc2c1C(C)C. The summed E-state index contributed by atoms with van der Waals surface area (Å²) in [4.78, 5) is 13.2. The van der Waals surface area contributed by atoms with Crippen molar-refractivity contribution in [2.75, 3.05) is 23.8 Å². The first-order chi connectivity index (χ1) is 18.8. The molecule has 3 heterocycles. The summed E-state index contributed by atoms with van der Waals surface area (Å²) in [6.45, 7) is 7.54. The third-order valence-electron chi connectivity index (χ3n) is 7.06. The zero-order valence-electron chi connectivity index (χ0n) is 22.2. The molecule has 2 aromatic carbocycles. The molecule has 3 N–H and O–H groups in total. The number of aromatic nitrogens is 3. The van der Waals surface area contributed by atoms with Crippen LogP contribution in [0.3, 0.4) is 0 Å². The second-order valence-corrected chi connectivity index (χ2v) is 10.2. The Kier molecular flexibility index (Phi) is 7.68. The van der Waals surface area contributed by atoms with Gasteiger partial charge in [-0.2, -0.15) is 5.26 Å². The highest BCUT2D eigenvalue weighted by Gasteiger charge is 2.25. The number of hydrogen-bond acceptors (Lipinski definition) is 8. The molecule has 9 heteroatoms. The van der Waals surface area contributed by atoms with Crippen molar-refractivity contribution in [2.45, 2.75) is 51.8 Å². The van der Waals surface area contributed by atoms with Crippen molar-refractivity contribution >= 4 is 22.5 Å². The van der Waals surface area contributed by atoms with Gasteiger partial charge in [0.15, 0.2) is 5.82 Å². The van der Waals surface area contributed by atoms with E-state index in [9.17, 15) is 14.8 Å². The van der Waals surface area contributed by atoms with Gasteiger partial charge in [0.05, 0.1) is 42.1 Å². The third-order valence-corrected chi connectivity index (χ3v) is 7.06. The lowest BCUT2D eigenvalue weighted by Crippen LogP contribution is -2.42. The van der Waals surface area contributed by atoms with Crippen molar-refractivity contribution in [1.29, 1.82) is 5.26 Å². The molecule has 0 aliphatic carbocycles. The van der Waals surface area contributed by atoms with Gasteiger partial charge in [-0.3, -0.25) is 4.98 Å². The molecule has 0 spiro atoms. The zero-order valence-corrected chi connectivity index (χ0v) is 22.2. The van der Waals surface area contributed by atoms with Crippen molar-refractivity contribution in [3.8, 4) is 17.3 Å². The lowest BCUT2D eigenvalue weighted by Gasteiger charge is -2.28. The van der Waals surface area contributed by atoms with Crippen molar-refractivity contribution < 1.29 is 14.2 Å². The van der Waals surface area contributed by atoms with Crippen LogP contribution in [-0.2, 0) is 11.3 Å². The molecule has 0 bridgehead atoms. The monoisotopic (exact) mass is 526 g/mol. The van der Waals surface area contributed by atoms with Crippen molar-refractivity contribution in [1.82, 2.24) is 15.0 Å². The molecule has 0 saturated carbocycles. The van der Waals surface area contributed by atoms with Gasteiger partial charge in [0.25, 0.3) is 0 Å². The van der Waals surface area contributed by atoms with E-state index in [0.717, 1.165) is 39.5 Å². The number of aliphatic hydroxyl groups is 1. The second-order valence-electron chi connectivity index (χ2n) is 10.2. The average Bonchev–Trinajstić information content (AvgIpc) is 2.94. The van der Waals surface area contributed by atoms with Crippen LogP contribution in [0.5, 0.6) is 0 Å². The van der Waals surface area contributed by atoms with E-state index in [2.05, 4.69) is 45.5 Å². The van der Waals surface area contributed by atoms with E-state index in [4.69, 9.17) is 4.74 Å². The van der Waals surface area contributed by atoms with Crippen LogP contribution in [0.1, 0.15) is 48.4 Å². The van der Waals surface area contributed by atoms with Gasteiger partial charge < -0.3 is 20.5 Å². The first kappa shape index (κ1) is 26.5. The van der Waals surface area contributed by atoms with Crippen LogP contribution in [0.4, 0.5) is 16.0 Å². The van der Waals surface area contributed by atoms with E-state index >= 15 is 0 Å². The van der Waals surface area contributed by atoms with Crippen molar-refractivity contribution in [3.05, 3.63) is 76.9 Å². The van der Waals surface area contributed by atoms with E-state index < -0.39 is 11.9 Å². The van der Waals surface area contributed by atoms with E-state index in [-0.39, 0.29) is 30.2 Å². The Morgan fingerprint density at radius 2 is 2.03 bits per heavy atom. The molecule has 1 aliphatic rings. The number of fused-ring (bicyclic) bond motifs is 1. The number of nitrogens with zero attached hydrogens (tertiary/aromatic N) is 4. The lowest BCUT2D eigenvalue weighted by atomic mass is 9.92. The third kappa shape index (κ3) is 5.67. The first-order valence-electron chi connectivity index (χ1n) is 13.1. The number of ether oxygens (including phenoxy) is 1. The number of hydrogen-bond donors (Lipinski definition) is 3. The van der Waals surface area contributed by atoms with Crippen molar-refractivity contribution in [3.63, 3.8) is 0 Å². The first-order valence-corrected chi connectivity index (χ1v) is 13.1. The minimum atomic E-state index is -0.686. The number of nitriles is 1. The molecule has 8 nitrogen and oxygen atoms in total. The zero-order chi connectivity index (χ0) is 27.5. The summed E-state index contributed by atoms with van der Waals surface area (Å²) >= 11 is 0. The molecule has 5 rings (SSSR count). The highest BCUT2D eigenvalue weighted by Crippen LogP contribution is 2.32. The van der Waals surface area contributed by atoms with Gasteiger partial charge in [-0.15, -0.1) is 0 Å². The Hall–Kier alpha value is -4.13.